The Bertz CT molecular complexity index is 741. The molecule has 0 bridgehead atoms. The Kier molecular flexibility index (Phi) is 2.76. The van der Waals surface area contributed by atoms with Crippen LogP contribution in [0.4, 0.5) is 13.2 Å². The van der Waals surface area contributed by atoms with Crippen LogP contribution in [0.25, 0.3) is 11.4 Å². The third-order valence-corrected chi connectivity index (χ3v) is 3.71. The van der Waals surface area contributed by atoms with Crippen LogP contribution in [0.5, 0.6) is 0 Å². The quantitative estimate of drug-likeness (QED) is 0.760. The Morgan fingerprint density at radius 3 is 2.67 bits per heavy atom. The largest absolute Gasteiger partial charge is 0.435 e. The molecule has 2 aromatic heterocycles. The van der Waals surface area contributed by atoms with Gasteiger partial charge in [0.2, 0.25) is 0 Å². The molecule has 1 aliphatic heterocycles. The van der Waals surface area contributed by atoms with Crippen molar-refractivity contribution < 1.29 is 18.0 Å². The lowest BCUT2D eigenvalue weighted by Gasteiger charge is -2.24. The Hall–Kier alpha value is -2.12. The van der Waals surface area contributed by atoms with Crippen LogP contribution in [0, 0.1) is 0 Å². The molecule has 1 atom stereocenters. The van der Waals surface area contributed by atoms with Gasteiger partial charge in [0.05, 0.1) is 17.6 Å². The molecule has 5 nitrogen and oxygen atoms in total. The lowest BCUT2D eigenvalue weighted by molar-refractivity contribution is -0.142. The minimum Gasteiger partial charge on any atom is -0.317 e. The fourth-order valence-electron chi connectivity index (χ4n) is 2.94. The van der Waals surface area contributed by atoms with Crippen molar-refractivity contribution in [3.63, 3.8) is 0 Å². The minimum absolute atomic E-state index is 0.167. The molecule has 21 heavy (non-hydrogen) atoms. The third-order valence-electron chi connectivity index (χ3n) is 3.71. The van der Waals surface area contributed by atoms with E-state index in [0.29, 0.717) is 11.4 Å². The highest BCUT2D eigenvalue weighted by molar-refractivity contribution is 5.91. The van der Waals surface area contributed by atoms with E-state index in [1.807, 2.05) is 0 Å². The number of fused-ring (bicyclic) bond motifs is 3. The number of hydrogen-bond donors (Lipinski definition) is 0. The van der Waals surface area contributed by atoms with Crippen LogP contribution >= 0.6 is 0 Å². The lowest BCUT2D eigenvalue weighted by Crippen LogP contribution is -2.21. The Morgan fingerprint density at radius 2 is 2.10 bits per heavy atom. The zero-order chi connectivity index (χ0) is 15.5. The molecule has 3 heterocycles. The first-order valence-electron chi connectivity index (χ1n) is 6.43. The van der Waals surface area contributed by atoms with E-state index in [1.54, 1.807) is 11.5 Å². The molecule has 0 fully saturated rings. The molecule has 2 aromatic rings. The Labute approximate surface area is 118 Å². The van der Waals surface area contributed by atoms with E-state index in [2.05, 4.69) is 10.1 Å². The summed E-state index contributed by atoms with van der Waals surface area (Å²) in [5.41, 5.74) is 0.184. The number of halogens is 3. The topological polar surface area (TPSA) is 52.7 Å². The number of rotatable bonds is 1. The van der Waals surface area contributed by atoms with E-state index in [-0.39, 0.29) is 29.6 Å². The van der Waals surface area contributed by atoms with E-state index in [9.17, 15) is 18.0 Å². The molecular formula is C13H13F3N4O. The number of alkyl halides is 3. The minimum atomic E-state index is -4.49. The number of Topliss-reactive ketones (excluding diaryl/α,β-unsaturated/α-hetero) is 1. The van der Waals surface area contributed by atoms with Crippen LogP contribution in [0.1, 0.15) is 41.8 Å². The first-order chi connectivity index (χ1) is 9.71. The maximum absolute atomic E-state index is 13.1. The number of aryl methyl sites for hydroxylation is 1. The molecule has 112 valence electrons. The molecule has 0 amide bonds. The SMILES string of the molecule is CC(=O)c1ncc2n1C(C)Cc1c(C(F)(F)F)nn(C)c1-2. The van der Waals surface area contributed by atoms with Gasteiger partial charge in [0.15, 0.2) is 17.3 Å². The molecule has 0 aliphatic carbocycles. The molecule has 0 N–H and O–H groups in total. The number of ketones is 1. The zero-order valence-electron chi connectivity index (χ0n) is 11.7. The van der Waals surface area contributed by atoms with Crippen LogP contribution in [0.15, 0.2) is 6.20 Å². The average molecular weight is 298 g/mol. The van der Waals surface area contributed by atoms with Crippen molar-refractivity contribution in [1.82, 2.24) is 19.3 Å². The molecule has 8 heteroatoms. The van der Waals surface area contributed by atoms with E-state index >= 15 is 0 Å². The van der Waals surface area contributed by atoms with E-state index in [1.165, 1.54) is 24.9 Å². The van der Waals surface area contributed by atoms with Gasteiger partial charge in [-0.2, -0.15) is 18.3 Å². The summed E-state index contributed by atoms with van der Waals surface area (Å²) >= 11 is 0. The second kappa shape index (κ2) is 4.19. The van der Waals surface area contributed by atoms with Crippen molar-refractivity contribution >= 4 is 5.78 Å². The van der Waals surface area contributed by atoms with E-state index < -0.39 is 11.9 Å². The summed E-state index contributed by atoms with van der Waals surface area (Å²) in [4.78, 5) is 15.6. The van der Waals surface area contributed by atoms with Crippen molar-refractivity contribution in [3.8, 4) is 11.4 Å². The highest BCUT2D eigenvalue weighted by Crippen LogP contribution is 2.42. The van der Waals surface area contributed by atoms with Gasteiger partial charge in [0, 0.05) is 25.6 Å². The van der Waals surface area contributed by atoms with Crippen molar-refractivity contribution in [1.29, 1.82) is 0 Å². The zero-order valence-corrected chi connectivity index (χ0v) is 11.7. The normalized spacial score (nSPS) is 17.5. The average Bonchev–Trinajstić information content (AvgIpc) is 2.90. The molecule has 0 saturated carbocycles. The van der Waals surface area contributed by atoms with Gasteiger partial charge in [-0.1, -0.05) is 0 Å². The first kappa shape index (κ1) is 13.8. The van der Waals surface area contributed by atoms with Crippen molar-refractivity contribution in [3.05, 3.63) is 23.3 Å². The number of carbonyl (C=O) groups is 1. The van der Waals surface area contributed by atoms with Crippen molar-refractivity contribution in [2.45, 2.75) is 32.5 Å². The number of hydrogen-bond acceptors (Lipinski definition) is 3. The smallest absolute Gasteiger partial charge is 0.317 e. The van der Waals surface area contributed by atoms with Crippen molar-refractivity contribution in [2.75, 3.05) is 0 Å². The highest BCUT2D eigenvalue weighted by atomic mass is 19.4. The Morgan fingerprint density at radius 1 is 1.43 bits per heavy atom. The van der Waals surface area contributed by atoms with Crippen molar-refractivity contribution in [2.24, 2.45) is 7.05 Å². The molecule has 1 unspecified atom stereocenters. The summed E-state index contributed by atoms with van der Waals surface area (Å²) in [7, 11) is 1.47. The summed E-state index contributed by atoms with van der Waals surface area (Å²) < 4.78 is 42.1. The third kappa shape index (κ3) is 1.89. The van der Waals surface area contributed by atoms with Gasteiger partial charge in [0.1, 0.15) is 0 Å². The Balaban J connectivity index is 2.29. The van der Waals surface area contributed by atoms with Crippen LogP contribution in [-0.4, -0.2) is 25.1 Å². The molecule has 0 radical (unpaired) electrons. The van der Waals surface area contributed by atoms with Crippen LogP contribution in [0.3, 0.4) is 0 Å². The molecule has 0 saturated heterocycles. The lowest BCUT2D eigenvalue weighted by atomic mass is 9.98. The second-order valence-corrected chi connectivity index (χ2v) is 5.24. The molecular weight excluding hydrogens is 285 g/mol. The maximum atomic E-state index is 13.1. The monoisotopic (exact) mass is 298 g/mol. The molecule has 3 rings (SSSR count). The summed E-state index contributed by atoms with van der Waals surface area (Å²) in [6.45, 7) is 3.16. The van der Waals surface area contributed by atoms with Gasteiger partial charge in [-0.3, -0.25) is 9.48 Å². The molecule has 0 aromatic carbocycles. The van der Waals surface area contributed by atoms with Gasteiger partial charge in [0.25, 0.3) is 0 Å². The molecule has 1 aliphatic rings. The van der Waals surface area contributed by atoms with E-state index in [4.69, 9.17) is 0 Å². The summed E-state index contributed by atoms with van der Waals surface area (Å²) in [6.07, 6.45) is -2.88. The fraction of sp³-hybridized carbons (Fsp3) is 0.462. The number of nitrogens with zero attached hydrogens (tertiary/aromatic N) is 4. The van der Waals surface area contributed by atoms with Gasteiger partial charge in [-0.05, 0) is 13.3 Å². The van der Waals surface area contributed by atoms with Gasteiger partial charge in [-0.15, -0.1) is 0 Å². The van der Waals surface area contributed by atoms with Gasteiger partial charge in [-0.25, -0.2) is 4.98 Å². The predicted molar refractivity (Wildman–Crippen MR) is 67.9 cm³/mol. The summed E-state index contributed by atoms with van der Waals surface area (Å²) in [5.74, 6) is 0.0488. The van der Waals surface area contributed by atoms with Gasteiger partial charge < -0.3 is 4.57 Å². The summed E-state index contributed by atoms with van der Waals surface area (Å²) in [5, 5.41) is 3.62. The summed E-state index contributed by atoms with van der Waals surface area (Å²) in [6, 6.07) is -0.279. The van der Waals surface area contributed by atoms with Gasteiger partial charge >= 0.3 is 6.18 Å². The first-order valence-corrected chi connectivity index (χ1v) is 6.43. The number of carbonyl (C=O) groups excluding carboxylic acids is 1. The highest BCUT2D eigenvalue weighted by Gasteiger charge is 2.42. The standard InChI is InChI=1S/C13H13F3N4O/c1-6-4-8-10(19(3)18-11(8)13(14,15)16)9-5-17-12(7(2)21)20(6)9/h5-6H,4H2,1-3H3. The molecule has 0 spiro atoms. The fourth-order valence-corrected chi connectivity index (χ4v) is 2.94. The second-order valence-electron chi connectivity index (χ2n) is 5.24. The predicted octanol–water partition coefficient (Wildman–Crippen LogP) is 2.62. The number of aromatic nitrogens is 4. The van der Waals surface area contributed by atoms with E-state index in [0.717, 1.165) is 0 Å². The van der Waals surface area contributed by atoms with Crippen LogP contribution in [0.2, 0.25) is 0 Å². The maximum Gasteiger partial charge on any atom is 0.435 e. The van der Waals surface area contributed by atoms with Crippen LogP contribution < -0.4 is 0 Å². The van der Waals surface area contributed by atoms with Crippen LogP contribution in [-0.2, 0) is 19.6 Å². The number of imidazole rings is 1.